The smallest absolute Gasteiger partial charge is 0.303 e. The van der Waals surface area contributed by atoms with Crippen LogP contribution in [0.2, 0.25) is 0 Å². The minimum Gasteiger partial charge on any atom is -0.481 e. The summed E-state index contributed by atoms with van der Waals surface area (Å²) in [5.74, 6) is -0.353. The maximum Gasteiger partial charge on any atom is 0.303 e. The fourth-order valence-corrected chi connectivity index (χ4v) is 2.29. The van der Waals surface area contributed by atoms with Gasteiger partial charge in [0, 0.05) is 26.2 Å². The van der Waals surface area contributed by atoms with E-state index in [9.17, 15) is 13.2 Å². The average molecular weight is 261 g/mol. The molecule has 0 aliphatic heterocycles. The topological polar surface area (TPSA) is 101 Å². The van der Waals surface area contributed by atoms with Gasteiger partial charge in [-0.25, -0.2) is 18.1 Å². The molecule has 0 spiro atoms. The Morgan fingerprint density at radius 1 is 1.59 bits per heavy atom. The summed E-state index contributed by atoms with van der Waals surface area (Å²) in [4.78, 5) is 14.1. The summed E-state index contributed by atoms with van der Waals surface area (Å²) in [6, 6.07) is 0. The van der Waals surface area contributed by atoms with Crippen molar-refractivity contribution in [2.24, 2.45) is 7.05 Å². The van der Waals surface area contributed by atoms with Crippen LogP contribution < -0.4 is 4.72 Å². The summed E-state index contributed by atoms with van der Waals surface area (Å²) in [5.41, 5.74) is 0. The number of sulfonamides is 1. The number of imidazole rings is 1. The lowest BCUT2D eigenvalue weighted by Gasteiger charge is -2.02. The number of nitrogens with one attached hydrogen (secondary N) is 1. The summed E-state index contributed by atoms with van der Waals surface area (Å²) in [6.45, 7) is 1.79. The molecule has 96 valence electrons. The third kappa shape index (κ3) is 3.82. The van der Waals surface area contributed by atoms with Crippen molar-refractivity contribution in [2.75, 3.05) is 6.54 Å². The van der Waals surface area contributed by atoms with Crippen molar-refractivity contribution < 1.29 is 18.3 Å². The van der Waals surface area contributed by atoms with Crippen LogP contribution in [0.4, 0.5) is 0 Å². The molecule has 1 heterocycles. The SMILES string of the molecule is Cc1nc(S(=O)(=O)NCCCC(=O)O)cn1C. The van der Waals surface area contributed by atoms with Crippen molar-refractivity contribution >= 4 is 16.0 Å². The van der Waals surface area contributed by atoms with Gasteiger partial charge in [-0.3, -0.25) is 4.79 Å². The molecule has 0 aliphatic carbocycles. The highest BCUT2D eigenvalue weighted by Gasteiger charge is 2.17. The monoisotopic (exact) mass is 261 g/mol. The first-order valence-electron chi connectivity index (χ1n) is 5.04. The largest absolute Gasteiger partial charge is 0.481 e. The molecule has 7 nitrogen and oxygen atoms in total. The molecule has 0 amide bonds. The third-order valence-corrected chi connectivity index (χ3v) is 3.55. The first-order valence-corrected chi connectivity index (χ1v) is 6.52. The Hall–Kier alpha value is -1.41. The Morgan fingerprint density at radius 2 is 2.24 bits per heavy atom. The van der Waals surface area contributed by atoms with E-state index in [1.165, 1.54) is 6.20 Å². The number of hydrogen-bond acceptors (Lipinski definition) is 4. The van der Waals surface area contributed by atoms with Gasteiger partial charge in [0.2, 0.25) is 0 Å². The third-order valence-electron chi connectivity index (χ3n) is 2.22. The van der Waals surface area contributed by atoms with Gasteiger partial charge in [0.05, 0.1) is 0 Å². The number of rotatable bonds is 6. The van der Waals surface area contributed by atoms with Gasteiger partial charge >= 0.3 is 5.97 Å². The van der Waals surface area contributed by atoms with Gasteiger partial charge in [0.1, 0.15) is 5.82 Å². The zero-order chi connectivity index (χ0) is 13.1. The van der Waals surface area contributed by atoms with Crippen LogP contribution >= 0.6 is 0 Å². The van der Waals surface area contributed by atoms with Crippen LogP contribution in [0.3, 0.4) is 0 Å². The molecule has 0 saturated heterocycles. The van der Waals surface area contributed by atoms with E-state index in [1.54, 1.807) is 18.5 Å². The Bertz CT molecular complexity index is 487. The van der Waals surface area contributed by atoms with Crippen molar-refractivity contribution in [1.82, 2.24) is 14.3 Å². The summed E-state index contributed by atoms with van der Waals surface area (Å²) >= 11 is 0. The number of hydrogen-bond donors (Lipinski definition) is 2. The predicted molar refractivity (Wildman–Crippen MR) is 60.0 cm³/mol. The second kappa shape index (κ2) is 5.28. The van der Waals surface area contributed by atoms with Crippen LogP contribution in [0.25, 0.3) is 0 Å². The lowest BCUT2D eigenvalue weighted by atomic mass is 10.3. The van der Waals surface area contributed by atoms with Gasteiger partial charge in [0.15, 0.2) is 5.03 Å². The van der Waals surface area contributed by atoms with E-state index < -0.39 is 16.0 Å². The van der Waals surface area contributed by atoms with E-state index >= 15 is 0 Å². The van der Waals surface area contributed by atoms with Crippen molar-refractivity contribution in [2.45, 2.75) is 24.8 Å². The van der Waals surface area contributed by atoms with Gasteiger partial charge < -0.3 is 9.67 Å². The highest BCUT2D eigenvalue weighted by Crippen LogP contribution is 2.07. The van der Waals surface area contributed by atoms with Crippen molar-refractivity contribution in [3.63, 3.8) is 0 Å². The van der Waals surface area contributed by atoms with Crippen LogP contribution in [-0.2, 0) is 21.9 Å². The van der Waals surface area contributed by atoms with Gasteiger partial charge in [-0.2, -0.15) is 0 Å². The number of aryl methyl sites for hydroxylation is 2. The second-order valence-corrected chi connectivity index (χ2v) is 5.35. The molecule has 17 heavy (non-hydrogen) atoms. The first kappa shape index (κ1) is 13.7. The average Bonchev–Trinajstić information content (AvgIpc) is 2.55. The lowest BCUT2D eigenvalue weighted by molar-refractivity contribution is -0.137. The molecule has 0 aromatic carbocycles. The fourth-order valence-electron chi connectivity index (χ4n) is 1.18. The molecule has 0 bridgehead atoms. The number of carboxylic acid groups (broad SMARTS) is 1. The van der Waals surface area contributed by atoms with Gasteiger partial charge in [-0.05, 0) is 13.3 Å². The van der Waals surface area contributed by atoms with Crippen LogP contribution in [0.5, 0.6) is 0 Å². The van der Waals surface area contributed by atoms with E-state index in [0.717, 1.165) is 0 Å². The molecule has 0 unspecified atom stereocenters. The number of aliphatic carboxylic acids is 1. The van der Waals surface area contributed by atoms with E-state index in [0.29, 0.717) is 5.82 Å². The van der Waals surface area contributed by atoms with Gasteiger partial charge in [-0.1, -0.05) is 0 Å². The van der Waals surface area contributed by atoms with Gasteiger partial charge in [0.25, 0.3) is 10.0 Å². The molecule has 0 atom stereocenters. The Labute approximate surface area is 99.5 Å². The van der Waals surface area contributed by atoms with E-state index in [-0.39, 0.29) is 24.4 Å². The Kier molecular flexibility index (Phi) is 4.24. The second-order valence-electron chi connectivity index (χ2n) is 3.63. The van der Waals surface area contributed by atoms with Crippen LogP contribution in [0.1, 0.15) is 18.7 Å². The van der Waals surface area contributed by atoms with Crippen LogP contribution in [0.15, 0.2) is 11.2 Å². The molecule has 2 N–H and O–H groups in total. The maximum atomic E-state index is 11.7. The molecule has 8 heteroatoms. The Balaban J connectivity index is 2.60. The van der Waals surface area contributed by atoms with Crippen LogP contribution in [0, 0.1) is 6.92 Å². The molecular weight excluding hydrogens is 246 g/mol. The van der Waals surface area contributed by atoms with Gasteiger partial charge in [-0.15, -0.1) is 0 Å². The summed E-state index contributed by atoms with van der Waals surface area (Å²) in [5, 5.41) is 8.36. The molecule has 0 radical (unpaired) electrons. The minimum atomic E-state index is -3.63. The predicted octanol–water partition coefficient (Wildman–Crippen LogP) is -0.128. The number of carbonyl (C=O) groups is 1. The number of aromatic nitrogens is 2. The van der Waals surface area contributed by atoms with E-state index in [1.807, 2.05) is 0 Å². The molecular formula is C9H15N3O4S. The zero-order valence-corrected chi connectivity index (χ0v) is 10.5. The summed E-state index contributed by atoms with van der Waals surface area (Å²) in [6.07, 6.45) is 1.60. The van der Waals surface area contributed by atoms with E-state index in [2.05, 4.69) is 9.71 Å². The Morgan fingerprint density at radius 3 is 2.71 bits per heavy atom. The maximum absolute atomic E-state index is 11.7. The lowest BCUT2D eigenvalue weighted by Crippen LogP contribution is -2.25. The molecule has 0 fully saturated rings. The summed E-state index contributed by atoms with van der Waals surface area (Å²) in [7, 11) is -1.93. The zero-order valence-electron chi connectivity index (χ0n) is 9.67. The van der Waals surface area contributed by atoms with Crippen molar-refractivity contribution in [3.05, 3.63) is 12.0 Å². The quantitative estimate of drug-likeness (QED) is 0.695. The highest BCUT2D eigenvalue weighted by atomic mass is 32.2. The van der Waals surface area contributed by atoms with Crippen molar-refractivity contribution in [3.8, 4) is 0 Å². The molecule has 1 aromatic heterocycles. The van der Waals surface area contributed by atoms with E-state index in [4.69, 9.17) is 5.11 Å². The van der Waals surface area contributed by atoms with Crippen molar-refractivity contribution in [1.29, 1.82) is 0 Å². The molecule has 0 aliphatic rings. The molecule has 0 saturated carbocycles. The molecule has 1 aromatic rings. The molecule has 1 rings (SSSR count). The summed E-state index contributed by atoms with van der Waals surface area (Å²) < 4.78 is 27.3. The van der Waals surface area contributed by atoms with Crippen LogP contribution in [-0.4, -0.2) is 35.6 Å². The standard InChI is InChI=1S/C9H15N3O4S/c1-7-11-8(6-12(7)2)17(15,16)10-5-3-4-9(13)14/h6,10H,3-5H2,1-2H3,(H,13,14). The minimum absolute atomic E-state index is 0.0483. The normalized spacial score (nSPS) is 11.6. The highest BCUT2D eigenvalue weighted by molar-refractivity contribution is 7.89. The first-order chi connectivity index (χ1) is 7.83. The number of nitrogens with zero attached hydrogens (tertiary/aromatic N) is 2. The number of carboxylic acids is 1. The fraction of sp³-hybridized carbons (Fsp3) is 0.556.